The standard InChI is InChI=1S/C15H22BrNOS/c1-3-11-4-6-12(7-5-11)17(2)10-13(18)14-8-9-15(16)19-14/h8-9,11-12H,3-7,10H2,1-2H3. The molecule has 0 amide bonds. The van der Waals surface area contributed by atoms with E-state index in [2.05, 4.69) is 34.8 Å². The van der Waals surface area contributed by atoms with Gasteiger partial charge in [-0.05, 0) is 66.7 Å². The molecular weight excluding hydrogens is 322 g/mol. The van der Waals surface area contributed by atoms with Crippen LogP contribution in [0, 0.1) is 5.92 Å². The number of hydrogen-bond acceptors (Lipinski definition) is 3. The Bertz CT molecular complexity index is 424. The smallest absolute Gasteiger partial charge is 0.186 e. The Labute approximate surface area is 128 Å². The molecule has 0 bridgehead atoms. The highest BCUT2D eigenvalue weighted by Crippen LogP contribution is 2.29. The molecule has 1 aromatic rings. The van der Waals surface area contributed by atoms with E-state index >= 15 is 0 Å². The van der Waals surface area contributed by atoms with Crippen molar-refractivity contribution in [1.29, 1.82) is 0 Å². The second-order valence-corrected chi connectivity index (χ2v) is 7.99. The van der Waals surface area contributed by atoms with E-state index < -0.39 is 0 Å². The normalized spacial score (nSPS) is 23.8. The molecule has 1 heterocycles. The zero-order valence-corrected chi connectivity index (χ0v) is 14.1. The number of ketones is 1. The zero-order valence-electron chi connectivity index (χ0n) is 11.7. The van der Waals surface area contributed by atoms with Crippen LogP contribution in [-0.4, -0.2) is 30.3 Å². The molecule has 2 rings (SSSR count). The average Bonchev–Trinajstić information content (AvgIpc) is 2.85. The maximum Gasteiger partial charge on any atom is 0.186 e. The predicted octanol–water partition coefficient (Wildman–Crippen LogP) is 4.59. The first-order valence-corrected chi connectivity index (χ1v) is 8.70. The van der Waals surface area contributed by atoms with E-state index in [0.29, 0.717) is 12.6 Å². The quantitative estimate of drug-likeness (QED) is 0.728. The van der Waals surface area contributed by atoms with E-state index in [1.807, 2.05) is 12.1 Å². The van der Waals surface area contributed by atoms with Gasteiger partial charge in [0, 0.05) is 6.04 Å². The van der Waals surface area contributed by atoms with Crippen molar-refractivity contribution in [3.8, 4) is 0 Å². The minimum Gasteiger partial charge on any atom is -0.296 e. The molecule has 0 aromatic carbocycles. The zero-order chi connectivity index (χ0) is 13.8. The molecule has 0 atom stereocenters. The molecule has 1 aliphatic rings. The van der Waals surface area contributed by atoms with E-state index in [1.165, 1.54) is 43.4 Å². The Morgan fingerprint density at radius 1 is 1.37 bits per heavy atom. The summed E-state index contributed by atoms with van der Waals surface area (Å²) in [4.78, 5) is 15.3. The van der Waals surface area contributed by atoms with E-state index in [1.54, 1.807) is 0 Å². The van der Waals surface area contributed by atoms with Crippen LogP contribution in [0.4, 0.5) is 0 Å². The maximum absolute atomic E-state index is 12.2. The molecule has 1 aromatic heterocycles. The van der Waals surface area contributed by atoms with Crippen molar-refractivity contribution in [3.63, 3.8) is 0 Å². The molecule has 0 unspecified atom stereocenters. The summed E-state index contributed by atoms with van der Waals surface area (Å²) in [6, 6.07) is 4.46. The van der Waals surface area contributed by atoms with E-state index in [9.17, 15) is 4.79 Å². The molecule has 0 spiro atoms. The fourth-order valence-electron chi connectivity index (χ4n) is 2.89. The molecule has 2 nitrogen and oxygen atoms in total. The first kappa shape index (κ1) is 15.2. The molecule has 0 saturated heterocycles. The Hall–Kier alpha value is -0.190. The predicted molar refractivity (Wildman–Crippen MR) is 85.0 cm³/mol. The summed E-state index contributed by atoms with van der Waals surface area (Å²) in [7, 11) is 2.09. The third-order valence-electron chi connectivity index (χ3n) is 4.26. The van der Waals surface area contributed by atoms with Crippen LogP contribution in [0.5, 0.6) is 0 Å². The largest absolute Gasteiger partial charge is 0.296 e. The second-order valence-electron chi connectivity index (χ2n) is 5.52. The van der Waals surface area contributed by atoms with Gasteiger partial charge in [-0.1, -0.05) is 13.3 Å². The van der Waals surface area contributed by atoms with E-state index in [-0.39, 0.29) is 5.78 Å². The van der Waals surface area contributed by atoms with Crippen LogP contribution in [0.25, 0.3) is 0 Å². The van der Waals surface area contributed by atoms with Gasteiger partial charge < -0.3 is 0 Å². The van der Waals surface area contributed by atoms with Crippen LogP contribution >= 0.6 is 27.3 Å². The van der Waals surface area contributed by atoms with Gasteiger partial charge in [0.25, 0.3) is 0 Å². The molecule has 4 heteroatoms. The van der Waals surface area contributed by atoms with Crippen molar-refractivity contribution in [3.05, 3.63) is 20.8 Å². The fraction of sp³-hybridized carbons (Fsp3) is 0.667. The number of rotatable bonds is 5. The second kappa shape index (κ2) is 7.00. The van der Waals surface area contributed by atoms with Gasteiger partial charge in [0.05, 0.1) is 15.2 Å². The monoisotopic (exact) mass is 343 g/mol. The Kier molecular flexibility index (Phi) is 5.60. The van der Waals surface area contributed by atoms with Gasteiger partial charge in [-0.15, -0.1) is 11.3 Å². The van der Waals surface area contributed by atoms with Crippen molar-refractivity contribution in [2.45, 2.75) is 45.1 Å². The lowest BCUT2D eigenvalue weighted by Gasteiger charge is -2.34. The van der Waals surface area contributed by atoms with Gasteiger partial charge in [0.2, 0.25) is 0 Å². The molecule has 0 N–H and O–H groups in total. The van der Waals surface area contributed by atoms with Crippen molar-refractivity contribution >= 4 is 33.0 Å². The summed E-state index contributed by atoms with van der Waals surface area (Å²) >= 11 is 4.94. The molecule has 1 fully saturated rings. The van der Waals surface area contributed by atoms with Crippen LogP contribution in [-0.2, 0) is 0 Å². The third-order valence-corrected chi connectivity index (χ3v) is 5.92. The number of nitrogens with zero attached hydrogens (tertiary/aromatic N) is 1. The Balaban J connectivity index is 1.84. The minimum absolute atomic E-state index is 0.246. The topological polar surface area (TPSA) is 20.3 Å². The molecule has 19 heavy (non-hydrogen) atoms. The van der Waals surface area contributed by atoms with Crippen LogP contribution in [0.3, 0.4) is 0 Å². The van der Waals surface area contributed by atoms with Gasteiger partial charge in [-0.2, -0.15) is 0 Å². The number of Topliss-reactive ketones (excluding diaryl/α,β-unsaturated/α-hetero) is 1. The van der Waals surface area contributed by atoms with Crippen molar-refractivity contribution in [1.82, 2.24) is 4.90 Å². The van der Waals surface area contributed by atoms with Crippen molar-refractivity contribution in [2.24, 2.45) is 5.92 Å². The van der Waals surface area contributed by atoms with Crippen molar-refractivity contribution in [2.75, 3.05) is 13.6 Å². The summed E-state index contributed by atoms with van der Waals surface area (Å²) in [5, 5.41) is 0. The Morgan fingerprint density at radius 3 is 2.58 bits per heavy atom. The molecule has 1 saturated carbocycles. The summed E-state index contributed by atoms with van der Waals surface area (Å²) in [5.74, 6) is 1.16. The molecule has 0 aliphatic heterocycles. The summed E-state index contributed by atoms with van der Waals surface area (Å²) < 4.78 is 1.03. The van der Waals surface area contributed by atoms with Crippen LogP contribution < -0.4 is 0 Å². The maximum atomic E-state index is 12.2. The van der Waals surface area contributed by atoms with Gasteiger partial charge >= 0.3 is 0 Å². The highest BCUT2D eigenvalue weighted by Gasteiger charge is 2.24. The number of carbonyl (C=O) groups is 1. The highest BCUT2D eigenvalue weighted by atomic mass is 79.9. The molecular formula is C15H22BrNOS. The average molecular weight is 344 g/mol. The van der Waals surface area contributed by atoms with Gasteiger partial charge in [-0.3, -0.25) is 9.69 Å². The number of carbonyl (C=O) groups excluding carboxylic acids is 1. The summed E-state index contributed by atoms with van der Waals surface area (Å²) in [6.07, 6.45) is 6.44. The molecule has 0 radical (unpaired) electrons. The minimum atomic E-state index is 0.246. The van der Waals surface area contributed by atoms with E-state index in [0.717, 1.165) is 14.6 Å². The van der Waals surface area contributed by atoms with E-state index in [4.69, 9.17) is 0 Å². The first-order valence-electron chi connectivity index (χ1n) is 7.09. The molecule has 1 aliphatic carbocycles. The number of halogens is 1. The number of thiophene rings is 1. The van der Waals surface area contributed by atoms with Crippen LogP contribution in [0.2, 0.25) is 0 Å². The lowest BCUT2D eigenvalue weighted by Crippen LogP contribution is -2.38. The first-order chi connectivity index (χ1) is 9.10. The summed E-state index contributed by atoms with van der Waals surface area (Å²) in [5.41, 5.74) is 0. The fourth-order valence-corrected chi connectivity index (χ4v) is 4.21. The van der Waals surface area contributed by atoms with Gasteiger partial charge in [0.1, 0.15) is 0 Å². The summed E-state index contributed by atoms with van der Waals surface area (Å²) in [6.45, 7) is 2.83. The lowest BCUT2D eigenvalue weighted by molar-refractivity contribution is 0.0889. The lowest BCUT2D eigenvalue weighted by atomic mass is 9.84. The van der Waals surface area contributed by atoms with Gasteiger partial charge in [-0.25, -0.2) is 0 Å². The SMILES string of the molecule is CCC1CCC(N(C)CC(=O)c2ccc(Br)s2)CC1. The van der Waals surface area contributed by atoms with Crippen LogP contribution in [0.1, 0.15) is 48.7 Å². The third kappa shape index (κ3) is 4.14. The highest BCUT2D eigenvalue weighted by molar-refractivity contribution is 9.11. The van der Waals surface area contributed by atoms with Gasteiger partial charge in [0.15, 0.2) is 5.78 Å². The van der Waals surface area contributed by atoms with Crippen LogP contribution in [0.15, 0.2) is 15.9 Å². The Morgan fingerprint density at radius 2 is 2.05 bits per heavy atom. The van der Waals surface area contributed by atoms with Crippen molar-refractivity contribution < 1.29 is 4.79 Å². The molecule has 106 valence electrons. The number of likely N-dealkylation sites (N-methyl/N-ethyl adjacent to an activating group) is 1. The number of hydrogen-bond donors (Lipinski definition) is 0.